The zero-order chi connectivity index (χ0) is 13.5. The Morgan fingerprint density at radius 1 is 1.56 bits per heavy atom. The van der Waals surface area contributed by atoms with Gasteiger partial charge >= 0.3 is 6.03 Å². The second kappa shape index (κ2) is 7.56. The Hall–Kier alpha value is -0.850. The number of hydrogen-bond acceptors (Lipinski definition) is 4. The van der Waals surface area contributed by atoms with E-state index in [1.165, 1.54) is 6.92 Å². The normalized spacial score (nSPS) is 22.3. The van der Waals surface area contributed by atoms with Crippen LogP contribution >= 0.6 is 11.6 Å². The molecule has 18 heavy (non-hydrogen) atoms. The molecule has 1 saturated heterocycles. The minimum Gasteiger partial charge on any atom is -0.374 e. The van der Waals surface area contributed by atoms with Crippen molar-refractivity contribution in [2.24, 2.45) is 0 Å². The van der Waals surface area contributed by atoms with E-state index in [1.807, 2.05) is 0 Å². The van der Waals surface area contributed by atoms with Gasteiger partial charge in [-0.25, -0.2) is 4.79 Å². The molecule has 2 unspecified atom stereocenters. The molecule has 0 saturated carbocycles. The predicted molar refractivity (Wildman–Crippen MR) is 68.7 cm³/mol. The number of carbonyl (C=O) groups excluding carboxylic acids is 2. The first-order chi connectivity index (χ1) is 8.52. The molecule has 3 amide bonds. The molecule has 0 bridgehead atoms. The zero-order valence-corrected chi connectivity index (χ0v) is 11.5. The number of alkyl halides is 1. The van der Waals surface area contributed by atoms with E-state index in [1.54, 1.807) is 0 Å². The summed E-state index contributed by atoms with van der Waals surface area (Å²) in [6, 6.07) is -0.537. The number of imide groups is 1. The number of likely N-dealkylation sites (N-methyl/N-ethyl adjacent to an activating group) is 1. The molecular weight excluding hydrogens is 258 g/mol. The molecule has 1 aliphatic heterocycles. The lowest BCUT2D eigenvalue weighted by atomic mass is 10.2. The van der Waals surface area contributed by atoms with Gasteiger partial charge in [0.2, 0.25) is 5.91 Å². The minimum atomic E-state index is -0.725. The number of rotatable bonds is 4. The standard InChI is InChI=1S/C11H20ClN3O3/c1-3-15-4-5-18-9(7-15)6-13-11(17)14-10(16)8(2)12/h8-9H,3-7H2,1-2H3,(H2,13,14,16,17). The molecule has 0 radical (unpaired) electrons. The summed E-state index contributed by atoms with van der Waals surface area (Å²) in [6.45, 7) is 7.31. The molecule has 1 heterocycles. The highest BCUT2D eigenvalue weighted by atomic mass is 35.5. The number of amides is 3. The van der Waals surface area contributed by atoms with Crippen molar-refractivity contribution >= 4 is 23.5 Å². The Balaban J connectivity index is 2.23. The van der Waals surface area contributed by atoms with Crippen molar-refractivity contribution in [1.29, 1.82) is 0 Å². The van der Waals surface area contributed by atoms with E-state index in [0.29, 0.717) is 13.2 Å². The van der Waals surface area contributed by atoms with Crippen molar-refractivity contribution in [3.63, 3.8) is 0 Å². The first-order valence-corrected chi connectivity index (χ1v) is 6.53. The molecule has 1 rings (SSSR count). The molecule has 2 atom stereocenters. The van der Waals surface area contributed by atoms with Crippen molar-refractivity contribution < 1.29 is 14.3 Å². The van der Waals surface area contributed by atoms with Crippen molar-refractivity contribution in [1.82, 2.24) is 15.5 Å². The molecule has 0 aliphatic carbocycles. The minimum absolute atomic E-state index is 0.0343. The number of halogens is 1. The third-order valence-electron chi connectivity index (χ3n) is 2.76. The van der Waals surface area contributed by atoms with Gasteiger partial charge in [0, 0.05) is 19.6 Å². The molecule has 104 valence electrons. The highest BCUT2D eigenvalue weighted by Gasteiger charge is 2.20. The fourth-order valence-electron chi connectivity index (χ4n) is 1.65. The van der Waals surface area contributed by atoms with Gasteiger partial charge in [-0.1, -0.05) is 6.92 Å². The maximum atomic E-state index is 11.4. The summed E-state index contributed by atoms with van der Waals surface area (Å²) in [6.07, 6.45) is -0.0343. The summed E-state index contributed by atoms with van der Waals surface area (Å²) in [5.74, 6) is -0.506. The van der Waals surface area contributed by atoms with Gasteiger partial charge in [0.25, 0.3) is 0 Å². The lowest BCUT2D eigenvalue weighted by Crippen LogP contribution is -2.50. The van der Waals surface area contributed by atoms with Crippen LogP contribution in [0.2, 0.25) is 0 Å². The van der Waals surface area contributed by atoms with Crippen molar-refractivity contribution in [3.05, 3.63) is 0 Å². The third-order valence-corrected chi connectivity index (χ3v) is 2.96. The smallest absolute Gasteiger partial charge is 0.321 e. The number of nitrogens with one attached hydrogen (secondary N) is 2. The van der Waals surface area contributed by atoms with Gasteiger partial charge < -0.3 is 10.1 Å². The Morgan fingerprint density at radius 2 is 2.28 bits per heavy atom. The predicted octanol–water partition coefficient (Wildman–Crippen LogP) is 0.160. The lowest BCUT2D eigenvalue weighted by molar-refractivity contribution is -0.119. The number of morpholine rings is 1. The van der Waals surface area contributed by atoms with Crippen LogP contribution in [0.1, 0.15) is 13.8 Å². The molecule has 1 aliphatic rings. The Morgan fingerprint density at radius 3 is 2.89 bits per heavy atom. The van der Waals surface area contributed by atoms with E-state index < -0.39 is 17.3 Å². The molecule has 0 aromatic heterocycles. The van der Waals surface area contributed by atoms with Gasteiger partial charge in [-0.15, -0.1) is 11.6 Å². The maximum Gasteiger partial charge on any atom is 0.321 e. The largest absolute Gasteiger partial charge is 0.374 e. The van der Waals surface area contributed by atoms with Gasteiger partial charge in [0.1, 0.15) is 5.38 Å². The van der Waals surface area contributed by atoms with Gasteiger partial charge in [0.05, 0.1) is 12.7 Å². The summed E-state index contributed by atoms with van der Waals surface area (Å²) in [5, 5.41) is 4.03. The number of carbonyl (C=O) groups is 2. The summed E-state index contributed by atoms with van der Waals surface area (Å²) >= 11 is 5.54. The number of nitrogens with zero attached hydrogens (tertiary/aromatic N) is 1. The first kappa shape index (κ1) is 15.2. The monoisotopic (exact) mass is 277 g/mol. The van der Waals surface area contributed by atoms with Crippen molar-refractivity contribution in [3.8, 4) is 0 Å². The summed E-state index contributed by atoms with van der Waals surface area (Å²) in [5.41, 5.74) is 0. The Bertz CT molecular complexity index is 299. The molecule has 0 spiro atoms. The van der Waals surface area contributed by atoms with Crippen LogP contribution in [0, 0.1) is 0 Å². The number of urea groups is 1. The van der Waals surface area contributed by atoms with E-state index in [0.717, 1.165) is 19.6 Å². The molecule has 6 nitrogen and oxygen atoms in total. The van der Waals surface area contributed by atoms with E-state index >= 15 is 0 Å². The van der Waals surface area contributed by atoms with E-state index in [4.69, 9.17) is 16.3 Å². The van der Waals surface area contributed by atoms with Gasteiger partial charge in [-0.05, 0) is 13.5 Å². The summed E-state index contributed by atoms with van der Waals surface area (Å²) < 4.78 is 5.52. The second-order valence-corrected chi connectivity index (χ2v) is 4.86. The average molecular weight is 278 g/mol. The van der Waals surface area contributed by atoms with E-state index in [2.05, 4.69) is 22.5 Å². The topological polar surface area (TPSA) is 70.7 Å². The van der Waals surface area contributed by atoms with Crippen LogP contribution in [0.3, 0.4) is 0 Å². The fourth-order valence-corrected chi connectivity index (χ4v) is 1.71. The van der Waals surface area contributed by atoms with Gasteiger partial charge in [-0.2, -0.15) is 0 Å². The summed E-state index contributed by atoms with van der Waals surface area (Å²) in [4.78, 5) is 24.8. The highest BCUT2D eigenvalue weighted by Crippen LogP contribution is 2.03. The van der Waals surface area contributed by atoms with Crippen LogP contribution < -0.4 is 10.6 Å². The van der Waals surface area contributed by atoms with Crippen molar-refractivity contribution in [2.75, 3.05) is 32.8 Å². The van der Waals surface area contributed by atoms with Crippen LogP contribution in [0.4, 0.5) is 4.79 Å². The van der Waals surface area contributed by atoms with Gasteiger partial charge in [-0.3, -0.25) is 15.0 Å². The van der Waals surface area contributed by atoms with E-state index in [9.17, 15) is 9.59 Å². The SMILES string of the molecule is CCN1CCOC(CNC(=O)NC(=O)C(C)Cl)C1. The number of ether oxygens (including phenoxy) is 1. The fraction of sp³-hybridized carbons (Fsp3) is 0.818. The van der Waals surface area contributed by atoms with Crippen LogP contribution in [0.15, 0.2) is 0 Å². The average Bonchev–Trinajstić information content (AvgIpc) is 2.36. The highest BCUT2D eigenvalue weighted by molar-refractivity contribution is 6.31. The molecule has 7 heteroatoms. The van der Waals surface area contributed by atoms with Gasteiger partial charge in [0.15, 0.2) is 0 Å². The van der Waals surface area contributed by atoms with Crippen LogP contribution in [0.5, 0.6) is 0 Å². The number of hydrogen-bond donors (Lipinski definition) is 2. The van der Waals surface area contributed by atoms with Crippen LogP contribution in [0.25, 0.3) is 0 Å². The Kier molecular flexibility index (Phi) is 6.38. The quantitative estimate of drug-likeness (QED) is 0.718. The first-order valence-electron chi connectivity index (χ1n) is 6.09. The molecule has 0 aromatic rings. The third kappa shape index (κ3) is 5.20. The Labute approximate surface area is 112 Å². The molecular formula is C11H20ClN3O3. The van der Waals surface area contributed by atoms with Crippen LogP contribution in [-0.4, -0.2) is 61.1 Å². The van der Waals surface area contributed by atoms with Crippen LogP contribution in [-0.2, 0) is 9.53 Å². The molecule has 1 fully saturated rings. The zero-order valence-electron chi connectivity index (χ0n) is 10.7. The van der Waals surface area contributed by atoms with Crippen molar-refractivity contribution in [2.45, 2.75) is 25.3 Å². The van der Waals surface area contributed by atoms with E-state index in [-0.39, 0.29) is 6.10 Å². The summed E-state index contributed by atoms with van der Waals surface area (Å²) in [7, 11) is 0. The lowest BCUT2D eigenvalue weighted by Gasteiger charge is -2.32. The molecule has 2 N–H and O–H groups in total. The second-order valence-electron chi connectivity index (χ2n) is 4.20. The molecule has 0 aromatic carbocycles. The maximum absolute atomic E-state index is 11.4.